The van der Waals surface area contributed by atoms with Gasteiger partial charge in [-0.05, 0) is 34.1 Å². The van der Waals surface area contributed by atoms with Crippen LogP contribution in [0, 0.1) is 0 Å². The molecule has 0 atom stereocenters. The smallest absolute Gasteiger partial charge is 0.434 e. The molecule has 20 heavy (non-hydrogen) atoms. The van der Waals surface area contributed by atoms with Crippen LogP contribution < -0.4 is 9.47 Å². The number of alkyl halides is 3. The van der Waals surface area contributed by atoms with Crippen LogP contribution in [0.3, 0.4) is 0 Å². The van der Waals surface area contributed by atoms with Gasteiger partial charge in [0.1, 0.15) is 0 Å². The van der Waals surface area contributed by atoms with Gasteiger partial charge in [0.2, 0.25) is 5.88 Å². The number of pyridine rings is 1. The van der Waals surface area contributed by atoms with Gasteiger partial charge in [-0.2, -0.15) is 0 Å². The molecule has 0 saturated carbocycles. The third-order valence-corrected chi connectivity index (χ3v) is 2.83. The van der Waals surface area contributed by atoms with Crippen LogP contribution in [0.2, 0.25) is 5.02 Å². The standard InChI is InChI=1S/C12H6BrClF3NO2/c13-8-5-7(14)6-18-11(8)19-9-3-1-2-4-10(9)20-12(15,16)17/h1-6H. The summed E-state index contributed by atoms with van der Waals surface area (Å²) in [6.45, 7) is 0. The predicted octanol–water partition coefficient (Wildman–Crippen LogP) is 5.19. The topological polar surface area (TPSA) is 31.4 Å². The van der Waals surface area contributed by atoms with Crippen molar-refractivity contribution in [3.05, 3.63) is 46.0 Å². The van der Waals surface area contributed by atoms with E-state index in [4.69, 9.17) is 16.3 Å². The molecule has 2 aromatic rings. The first-order chi connectivity index (χ1) is 9.35. The Morgan fingerprint density at radius 2 is 1.80 bits per heavy atom. The fraction of sp³-hybridized carbons (Fsp3) is 0.0833. The van der Waals surface area contributed by atoms with Crippen LogP contribution in [0.5, 0.6) is 17.4 Å². The Bertz CT molecular complexity index is 622. The summed E-state index contributed by atoms with van der Waals surface area (Å²) in [6.07, 6.45) is -3.49. The third-order valence-electron chi connectivity index (χ3n) is 2.06. The van der Waals surface area contributed by atoms with Crippen LogP contribution in [0.1, 0.15) is 0 Å². The highest BCUT2D eigenvalue weighted by atomic mass is 79.9. The fourth-order valence-corrected chi connectivity index (χ4v) is 2.04. The summed E-state index contributed by atoms with van der Waals surface area (Å²) < 4.78 is 46.4. The van der Waals surface area contributed by atoms with E-state index >= 15 is 0 Å². The van der Waals surface area contributed by atoms with E-state index in [2.05, 4.69) is 25.7 Å². The first kappa shape index (κ1) is 14.9. The number of nitrogens with zero attached hydrogens (tertiary/aromatic N) is 1. The maximum absolute atomic E-state index is 12.3. The van der Waals surface area contributed by atoms with Crippen molar-refractivity contribution in [3.8, 4) is 17.4 Å². The summed E-state index contributed by atoms with van der Waals surface area (Å²) in [4.78, 5) is 3.87. The predicted molar refractivity (Wildman–Crippen MR) is 70.1 cm³/mol. The Kier molecular flexibility index (Phi) is 4.39. The molecule has 0 saturated heterocycles. The summed E-state index contributed by atoms with van der Waals surface area (Å²) in [5.41, 5.74) is 0. The summed E-state index contributed by atoms with van der Waals surface area (Å²) in [7, 11) is 0. The number of aromatic nitrogens is 1. The minimum Gasteiger partial charge on any atom is -0.434 e. The van der Waals surface area contributed by atoms with Crippen LogP contribution >= 0.6 is 27.5 Å². The van der Waals surface area contributed by atoms with E-state index in [1.165, 1.54) is 30.5 Å². The molecule has 0 unspecified atom stereocenters. The quantitative estimate of drug-likeness (QED) is 0.747. The molecule has 1 heterocycles. The molecular formula is C12H6BrClF3NO2. The molecule has 3 nitrogen and oxygen atoms in total. The van der Waals surface area contributed by atoms with E-state index in [-0.39, 0.29) is 11.6 Å². The summed E-state index contributed by atoms with van der Waals surface area (Å²) in [5.74, 6) is -0.489. The van der Waals surface area contributed by atoms with Crippen molar-refractivity contribution in [2.75, 3.05) is 0 Å². The molecular weight excluding hydrogens is 362 g/mol. The van der Waals surface area contributed by atoms with Crippen molar-refractivity contribution in [3.63, 3.8) is 0 Å². The molecule has 1 aromatic carbocycles. The second-order valence-corrected chi connectivity index (χ2v) is 4.83. The lowest BCUT2D eigenvalue weighted by molar-refractivity contribution is -0.275. The number of para-hydroxylation sites is 2. The number of hydrogen-bond donors (Lipinski definition) is 0. The highest BCUT2D eigenvalue weighted by Gasteiger charge is 2.32. The molecule has 8 heteroatoms. The van der Waals surface area contributed by atoms with Gasteiger partial charge < -0.3 is 9.47 Å². The monoisotopic (exact) mass is 367 g/mol. The lowest BCUT2D eigenvalue weighted by atomic mass is 10.3. The maximum atomic E-state index is 12.3. The molecule has 0 fully saturated rings. The molecule has 0 N–H and O–H groups in total. The molecule has 0 radical (unpaired) electrons. The van der Waals surface area contributed by atoms with E-state index in [0.717, 1.165) is 6.07 Å². The first-order valence-corrected chi connectivity index (χ1v) is 6.36. The van der Waals surface area contributed by atoms with Crippen molar-refractivity contribution < 1.29 is 22.6 Å². The Morgan fingerprint density at radius 3 is 2.40 bits per heavy atom. The minimum atomic E-state index is -4.80. The lowest BCUT2D eigenvalue weighted by Crippen LogP contribution is -2.17. The minimum absolute atomic E-state index is 0.0765. The SMILES string of the molecule is FC(F)(F)Oc1ccccc1Oc1ncc(Cl)cc1Br. The average Bonchev–Trinajstić information content (AvgIpc) is 2.33. The van der Waals surface area contributed by atoms with Crippen LogP contribution in [0.15, 0.2) is 41.0 Å². The van der Waals surface area contributed by atoms with Crippen LogP contribution in [0.4, 0.5) is 13.2 Å². The zero-order chi connectivity index (χ0) is 14.8. The molecule has 0 amide bonds. The number of benzene rings is 1. The lowest BCUT2D eigenvalue weighted by Gasteiger charge is -2.13. The van der Waals surface area contributed by atoms with Gasteiger partial charge in [0.25, 0.3) is 0 Å². The van der Waals surface area contributed by atoms with E-state index in [1.54, 1.807) is 0 Å². The fourth-order valence-electron chi connectivity index (χ4n) is 1.32. The first-order valence-electron chi connectivity index (χ1n) is 5.19. The number of rotatable bonds is 3. The van der Waals surface area contributed by atoms with Crippen molar-refractivity contribution in [2.45, 2.75) is 6.36 Å². The van der Waals surface area contributed by atoms with Gasteiger partial charge in [-0.15, -0.1) is 13.2 Å². The van der Waals surface area contributed by atoms with Gasteiger partial charge in [0.15, 0.2) is 11.5 Å². The van der Waals surface area contributed by atoms with E-state index < -0.39 is 12.1 Å². The van der Waals surface area contributed by atoms with E-state index in [0.29, 0.717) is 9.50 Å². The van der Waals surface area contributed by atoms with Gasteiger partial charge >= 0.3 is 6.36 Å². The molecule has 0 bridgehead atoms. The van der Waals surface area contributed by atoms with Gasteiger partial charge in [-0.3, -0.25) is 0 Å². The summed E-state index contributed by atoms with van der Waals surface area (Å²) in [5, 5.41) is 0.365. The molecule has 2 rings (SSSR count). The van der Waals surface area contributed by atoms with E-state index in [1.807, 2.05) is 0 Å². The van der Waals surface area contributed by atoms with Crippen molar-refractivity contribution in [1.29, 1.82) is 0 Å². The van der Waals surface area contributed by atoms with Crippen molar-refractivity contribution in [1.82, 2.24) is 4.98 Å². The molecule has 0 aliphatic heterocycles. The van der Waals surface area contributed by atoms with Crippen LogP contribution in [0.25, 0.3) is 0 Å². The van der Waals surface area contributed by atoms with Crippen molar-refractivity contribution in [2.24, 2.45) is 0 Å². The summed E-state index contributed by atoms with van der Waals surface area (Å²) >= 11 is 8.87. The Hall–Kier alpha value is -1.47. The van der Waals surface area contributed by atoms with Gasteiger partial charge in [-0.25, -0.2) is 4.98 Å². The summed E-state index contributed by atoms with van der Waals surface area (Å²) in [6, 6.07) is 6.91. The van der Waals surface area contributed by atoms with Crippen molar-refractivity contribution >= 4 is 27.5 Å². The number of ether oxygens (including phenoxy) is 2. The highest BCUT2D eigenvalue weighted by molar-refractivity contribution is 9.10. The zero-order valence-corrected chi connectivity index (χ0v) is 12.0. The van der Waals surface area contributed by atoms with Crippen LogP contribution in [-0.4, -0.2) is 11.3 Å². The second-order valence-electron chi connectivity index (χ2n) is 3.54. The molecule has 0 aliphatic carbocycles. The number of hydrogen-bond acceptors (Lipinski definition) is 3. The maximum Gasteiger partial charge on any atom is 0.573 e. The Labute approximate surface area is 125 Å². The number of halogens is 5. The molecule has 0 aliphatic rings. The Balaban J connectivity index is 2.29. The van der Waals surface area contributed by atoms with Crippen LogP contribution in [-0.2, 0) is 0 Å². The zero-order valence-electron chi connectivity index (χ0n) is 9.62. The van der Waals surface area contributed by atoms with E-state index in [9.17, 15) is 13.2 Å². The highest BCUT2D eigenvalue weighted by Crippen LogP contribution is 2.36. The normalized spacial score (nSPS) is 11.2. The Morgan fingerprint density at radius 1 is 1.15 bits per heavy atom. The molecule has 1 aromatic heterocycles. The molecule has 106 valence electrons. The average molecular weight is 369 g/mol. The third kappa shape index (κ3) is 4.01. The largest absolute Gasteiger partial charge is 0.573 e. The van der Waals surface area contributed by atoms with Gasteiger partial charge in [-0.1, -0.05) is 23.7 Å². The van der Waals surface area contributed by atoms with Gasteiger partial charge in [0.05, 0.1) is 9.50 Å². The second kappa shape index (κ2) is 5.88. The van der Waals surface area contributed by atoms with Gasteiger partial charge in [0, 0.05) is 6.20 Å². The molecule has 0 spiro atoms.